The Kier molecular flexibility index (Phi) is 9.78. The molecule has 0 spiro atoms. The monoisotopic (exact) mass is 361 g/mol. The maximum Gasteiger partial charge on any atom is 0.223 e. The lowest BCUT2D eigenvalue weighted by atomic mass is 9.97. The lowest BCUT2D eigenvalue weighted by Crippen LogP contribution is -2.60. The Morgan fingerprint density at radius 3 is 2.39 bits per heavy atom. The fourth-order valence-electron chi connectivity index (χ4n) is 2.89. The summed E-state index contributed by atoms with van der Waals surface area (Å²) in [6, 6.07) is 10.5. The van der Waals surface area contributed by atoms with Gasteiger partial charge in [0.15, 0.2) is 0 Å². The van der Waals surface area contributed by atoms with Crippen LogP contribution in [0.5, 0.6) is 0 Å². The van der Waals surface area contributed by atoms with Crippen LogP contribution in [-0.2, 0) is 11.3 Å². The van der Waals surface area contributed by atoms with Crippen LogP contribution >= 0.6 is 24.8 Å². The summed E-state index contributed by atoms with van der Waals surface area (Å²) in [6.07, 6.45) is 0.589. The Labute approximate surface area is 152 Å². The van der Waals surface area contributed by atoms with Gasteiger partial charge in [0.05, 0.1) is 0 Å². The standard InChI is InChI=1S/C17H27N3O.2ClH/c1-17(2)14-19(16(21)9-10-18-3)11-12-20(17)13-15-7-5-4-6-8-15;;/h4-8,18H,9-14H2,1-3H3;2*1H. The van der Waals surface area contributed by atoms with Crippen molar-refractivity contribution in [1.82, 2.24) is 15.1 Å². The Morgan fingerprint density at radius 2 is 1.83 bits per heavy atom. The van der Waals surface area contributed by atoms with Gasteiger partial charge in [-0.1, -0.05) is 30.3 Å². The van der Waals surface area contributed by atoms with Crippen LogP contribution in [0.4, 0.5) is 0 Å². The number of halogens is 2. The van der Waals surface area contributed by atoms with Crippen LogP contribution in [0, 0.1) is 0 Å². The predicted octanol–water partition coefficient (Wildman–Crippen LogP) is 2.56. The number of amides is 1. The lowest BCUT2D eigenvalue weighted by molar-refractivity contribution is -0.136. The molecule has 23 heavy (non-hydrogen) atoms. The van der Waals surface area contributed by atoms with Gasteiger partial charge in [-0.15, -0.1) is 24.8 Å². The first-order valence-corrected chi connectivity index (χ1v) is 7.74. The van der Waals surface area contributed by atoms with Crippen molar-refractivity contribution >= 4 is 30.7 Å². The van der Waals surface area contributed by atoms with Crippen molar-refractivity contribution in [2.75, 3.05) is 33.2 Å². The zero-order valence-corrected chi connectivity index (χ0v) is 15.9. The van der Waals surface area contributed by atoms with Crippen LogP contribution in [0.2, 0.25) is 0 Å². The minimum absolute atomic E-state index is 0. The molecule has 0 radical (unpaired) electrons. The number of nitrogens with one attached hydrogen (secondary N) is 1. The molecular weight excluding hydrogens is 333 g/mol. The first-order valence-electron chi connectivity index (χ1n) is 7.74. The van der Waals surface area contributed by atoms with Gasteiger partial charge in [-0.25, -0.2) is 0 Å². The fourth-order valence-corrected chi connectivity index (χ4v) is 2.89. The van der Waals surface area contributed by atoms with Gasteiger partial charge < -0.3 is 10.2 Å². The SMILES string of the molecule is CNCCC(=O)N1CCN(Cc2ccccc2)C(C)(C)C1.Cl.Cl. The van der Waals surface area contributed by atoms with Gasteiger partial charge in [0.25, 0.3) is 0 Å². The molecule has 0 atom stereocenters. The second kappa shape index (κ2) is 10.1. The Bertz CT molecular complexity index is 468. The second-order valence-electron chi connectivity index (χ2n) is 6.39. The molecule has 4 nitrogen and oxygen atoms in total. The van der Waals surface area contributed by atoms with E-state index < -0.39 is 0 Å². The summed E-state index contributed by atoms with van der Waals surface area (Å²) in [7, 11) is 1.88. The van der Waals surface area contributed by atoms with Gasteiger partial charge >= 0.3 is 0 Å². The molecule has 1 aromatic rings. The summed E-state index contributed by atoms with van der Waals surface area (Å²) in [6.45, 7) is 8.74. The number of rotatable bonds is 5. The van der Waals surface area contributed by atoms with E-state index in [0.717, 1.165) is 32.7 Å². The number of piperazine rings is 1. The Hall–Kier alpha value is -0.810. The summed E-state index contributed by atoms with van der Waals surface area (Å²) >= 11 is 0. The number of hydrogen-bond donors (Lipinski definition) is 1. The van der Waals surface area contributed by atoms with Gasteiger partial charge in [0, 0.05) is 44.7 Å². The molecule has 2 rings (SSSR count). The molecule has 1 aliphatic rings. The molecule has 1 saturated heterocycles. The topological polar surface area (TPSA) is 35.6 Å². The molecule has 1 aliphatic heterocycles. The molecular formula is C17H29Cl2N3O. The van der Waals surface area contributed by atoms with Gasteiger partial charge in [-0.2, -0.15) is 0 Å². The van der Waals surface area contributed by atoms with E-state index in [2.05, 4.69) is 48.3 Å². The van der Waals surface area contributed by atoms with E-state index in [-0.39, 0.29) is 36.3 Å². The zero-order valence-electron chi connectivity index (χ0n) is 14.2. The van der Waals surface area contributed by atoms with Crippen molar-refractivity contribution in [3.05, 3.63) is 35.9 Å². The third-order valence-corrected chi connectivity index (χ3v) is 4.23. The van der Waals surface area contributed by atoms with Gasteiger partial charge in [0.1, 0.15) is 0 Å². The van der Waals surface area contributed by atoms with E-state index >= 15 is 0 Å². The summed E-state index contributed by atoms with van der Waals surface area (Å²) in [5, 5.41) is 3.04. The molecule has 6 heteroatoms. The predicted molar refractivity (Wildman–Crippen MR) is 101 cm³/mol. The number of carbonyl (C=O) groups is 1. The van der Waals surface area contributed by atoms with Gasteiger partial charge in [-0.05, 0) is 26.5 Å². The van der Waals surface area contributed by atoms with E-state index in [9.17, 15) is 4.79 Å². The minimum atomic E-state index is 0. The van der Waals surface area contributed by atoms with Crippen molar-refractivity contribution in [2.45, 2.75) is 32.4 Å². The highest BCUT2D eigenvalue weighted by molar-refractivity contribution is 5.85. The van der Waals surface area contributed by atoms with Crippen LogP contribution in [0.15, 0.2) is 30.3 Å². The molecule has 0 aliphatic carbocycles. The molecule has 0 aromatic heterocycles. The van der Waals surface area contributed by atoms with E-state index in [1.165, 1.54) is 5.56 Å². The molecule has 1 N–H and O–H groups in total. The Morgan fingerprint density at radius 1 is 1.17 bits per heavy atom. The normalized spacial score (nSPS) is 17.1. The smallest absolute Gasteiger partial charge is 0.223 e. The molecule has 132 valence electrons. The maximum atomic E-state index is 12.2. The van der Waals surface area contributed by atoms with E-state index in [0.29, 0.717) is 6.42 Å². The summed E-state index contributed by atoms with van der Waals surface area (Å²) in [5.74, 6) is 0.261. The van der Waals surface area contributed by atoms with E-state index in [1.807, 2.05) is 18.0 Å². The maximum absolute atomic E-state index is 12.2. The average molecular weight is 362 g/mol. The van der Waals surface area contributed by atoms with E-state index in [1.54, 1.807) is 0 Å². The third-order valence-electron chi connectivity index (χ3n) is 4.23. The highest BCUT2D eigenvalue weighted by atomic mass is 35.5. The first kappa shape index (κ1) is 22.2. The summed E-state index contributed by atoms with van der Waals surface area (Å²) < 4.78 is 0. The van der Waals surface area contributed by atoms with Crippen molar-refractivity contribution < 1.29 is 4.79 Å². The first-order chi connectivity index (χ1) is 10.0. The molecule has 1 fully saturated rings. The summed E-state index contributed by atoms with van der Waals surface area (Å²) in [5.41, 5.74) is 1.35. The van der Waals surface area contributed by atoms with Crippen molar-refractivity contribution in [1.29, 1.82) is 0 Å². The van der Waals surface area contributed by atoms with Gasteiger partial charge in [0.2, 0.25) is 5.91 Å². The largest absolute Gasteiger partial charge is 0.340 e. The number of benzene rings is 1. The molecule has 1 amide bonds. The van der Waals surface area contributed by atoms with Crippen molar-refractivity contribution in [3.8, 4) is 0 Å². The fraction of sp³-hybridized carbons (Fsp3) is 0.588. The van der Waals surface area contributed by atoms with Crippen molar-refractivity contribution in [2.24, 2.45) is 0 Å². The quantitative estimate of drug-likeness (QED) is 0.875. The number of carbonyl (C=O) groups excluding carboxylic acids is 1. The zero-order chi connectivity index (χ0) is 15.3. The molecule has 0 saturated carbocycles. The molecule has 0 bridgehead atoms. The molecule has 0 unspecified atom stereocenters. The van der Waals surface area contributed by atoms with Gasteiger partial charge in [-0.3, -0.25) is 9.69 Å². The number of nitrogens with zero attached hydrogens (tertiary/aromatic N) is 2. The van der Waals surface area contributed by atoms with Crippen LogP contribution in [0.3, 0.4) is 0 Å². The summed E-state index contributed by atoms with van der Waals surface area (Å²) in [4.78, 5) is 16.7. The Balaban J connectivity index is 0.00000242. The molecule has 1 aromatic carbocycles. The van der Waals surface area contributed by atoms with Crippen molar-refractivity contribution in [3.63, 3.8) is 0 Å². The second-order valence-corrected chi connectivity index (χ2v) is 6.39. The van der Waals surface area contributed by atoms with Crippen LogP contribution in [0.1, 0.15) is 25.8 Å². The molecule has 1 heterocycles. The average Bonchev–Trinajstić information content (AvgIpc) is 2.47. The van der Waals surface area contributed by atoms with Crippen LogP contribution in [-0.4, -0.2) is 54.5 Å². The van der Waals surface area contributed by atoms with Crippen LogP contribution < -0.4 is 5.32 Å². The highest BCUT2D eigenvalue weighted by Gasteiger charge is 2.35. The highest BCUT2D eigenvalue weighted by Crippen LogP contribution is 2.23. The van der Waals surface area contributed by atoms with E-state index in [4.69, 9.17) is 0 Å². The minimum Gasteiger partial charge on any atom is -0.340 e. The number of hydrogen-bond acceptors (Lipinski definition) is 3. The van der Waals surface area contributed by atoms with Crippen LogP contribution in [0.25, 0.3) is 0 Å². The third kappa shape index (κ3) is 6.30. The lowest BCUT2D eigenvalue weighted by Gasteiger charge is -2.47.